The molecule has 0 saturated carbocycles. The van der Waals surface area contributed by atoms with E-state index in [1.807, 2.05) is 0 Å². The number of para-hydroxylation sites is 1. The molecule has 2 atom stereocenters. The van der Waals surface area contributed by atoms with Crippen molar-refractivity contribution >= 4 is 46.0 Å². The Labute approximate surface area is 204 Å². The smallest absolute Gasteiger partial charge is 0.268 e. The fourth-order valence-corrected chi connectivity index (χ4v) is 3.70. The number of amides is 3. The van der Waals surface area contributed by atoms with Crippen molar-refractivity contribution in [3.63, 3.8) is 0 Å². The third-order valence-corrected chi connectivity index (χ3v) is 5.37. The Morgan fingerprint density at radius 2 is 1.94 bits per heavy atom. The highest BCUT2D eigenvalue weighted by Gasteiger charge is 2.29. The van der Waals surface area contributed by atoms with Crippen molar-refractivity contribution in [2.75, 3.05) is 19.7 Å². The molecule has 5 N–H and O–H groups in total. The van der Waals surface area contributed by atoms with E-state index >= 15 is 0 Å². The van der Waals surface area contributed by atoms with Crippen molar-refractivity contribution in [1.82, 2.24) is 20.9 Å². The molecule has 1 aliphatic heterocycles. The molecule has 0 aliphatic carbocycles. The highest BCUT2D eigenvalue weighted by Crippen LogP contribution is 2.23. The highest BCUT2D eigenvalue weighted by atomic mass is 35.5. The largest absolute Gasteiger partial charge is 0.389 e. The van der Waals surface area contributed by atoms with E-state index in [1.54, 1.807) is 24.3 Å². The fraction of sp³-hybridized carbons (Fsp3) is 0.500. The molecule has 10 heteroatoms. The van der Waals surface area contributed by atoms with Gasteiger partial charge in [-0.05, 0) is 37.3 Å². The lowest BCUT2D eigenvalue weighted by molar-refractivity contribution is -0.131. The van der Waals surface area contributed by atoms with Gasteiger partial charge >= 0.3 is 0 Å². The number of aromatic amines is 1. The van der Waals surface area contributed by atoms with Crippen molar-refractivity contribution in [3.05, 3.63) is 35.0 Å². The second kappa shape index (κ2) is 13.1. The Kier molecular flexibility index (Phi) is 10.5. The number of benzene rings is 1. The summed E-state index contributed by atoms with van der Waals surface area (Å²) in [7, 11) is 0. The summed E-state index contributed by atoms with van der Waals surface area (Å²) >= 11 is 6.09. The number of hydrogen-bond acceptors (Lipinski definition) is 5. The number of carbonyl (C=O) groups excluding carboxylic acids is 4. The number of ketones is 1. The topological polar surface area (TPSA) is 140 Å². The molecular weight excluding hydrogens is 460 g/mol. The second-order valence-corrected chi connectivity index (χ2v) is 9.32. The maximum absolute atomic E-state index is 12.3. The number of Topliss-reactive ketones (excluding diaryl/α,β-unsaturated/α-hetero) is 1. The first-order valence-corrected chi connectivity index (χ1v) is 11.8. The van der Waals surface area contributed by atoms with Crippen LogP contribution >= 0.6 is 11.6 Å². The van der Waals surface area contributed by atoms with Crippen LogP contribution < -0.4 is 16.0 Å². The zero-order valence-electron chi connectivity index (χ0n) is 19.7. The molecule has 9 nitrogen and oxygen atoms in total. The summed E-state index contributed by atoms with van der Waals surface area (Å²) in [5.41, 5.74) is 0.862. The summed E-state index contributed by atoms with van der Waals surface area (Å²) in [6.07, 6.45) is 1.50. The summed E-state index contributed by atoms with van der Waals surface area (Å²) < 4.78 is 0. The number of carbonyl (C=O) groups is 4. The van der Waals surface area contributed by atoms with Crippen LogP contribution in [0.5, 0.6) is 0 Å². The van der Waals surface area contributed by atoms with Crippen LogP contribution in [0, 0.1) is 11.8 Å². The Morgan fingerprint density at radius 3 is 2.56 bits per heavy atom. The molecule has 3 amide bonds. The van der Waals surface area contributed by atoms with E-state index < -0.39 is 36.2 Å². The van der Waals surface area contributed by atoms with E-state index in [4.69, 9.17) is 11.6 Å². The van der Waals surface area contributed by atoms with E-state index in [-0.39, 0.29) is 24.6 Å². The number of nitrogens with one attached hydrogen (secondary N) is 4. The van der Waals surface area contributed by atoms with Gasteiger partial charge in [0.25, 0.3) is 5.91 Å². The van der Waals surface area contributed by atoms with Gasteiger partial charge in [0, 0.05) is 17.8 Å². The van der Waals surface area contributed by atoms with Gasteiger partial charge in [-0.1, -0.05) is 44.5 Å². The maximum Gasteiger partial charge on any atom is 0.268 e. The molecular formula is C24H33ClN4O5. The Morgan fingerprint density at radius 1 is 1.24 bits per heavy atom. The number of aliphatic hydroxyl groups excluding tert-OH is 1. The number of rotatable bonds is 8. The molecule has 0 bridgehead atoms. The van der Waals surface area contributed by atoms with E-state index in [0.29, 0.717) is 23.5 Å². The quantitative estimate of drug-likeness (QED) is 0.384. The first-order valence-electron chi connectivity index (χ1n) is 11.4. The summed E-state index contributed by atoms with van der Waals surface area (Å²) in [6, 6.07) is 5.88. The SMILES string of the molecule is CC(C)C.O=C(CNC(=O)c1cc2cccc(Cl)c2[nH]1)N[C@@H](C[C@@H]1CCCNC1=O)C(=O)CO. The molecule has 3 rings (SSSR count). The van der Waals surface area contributed by atoms with Gasteiger partial charge < -0.3 is 26.0 Å². The average Bonchev–Trinajstić information content (AvgIpc) is 3.23. The number of aliphatic hydroxyl groups is 1. The first-order chi connectivity index (χ1) is 16.1. The van der Waals surface area contributed by atoms with Crippen molar-refractivity contribution in [2.45, 2.75) is 46.1 Å². The predicted octanol–water partition coefficient (Wildman–Crippen LogP) is 2.18. The molecule has 1 fully saturated rings. The minimum absolute atomic E-state index is 0.103. The summed E-state index contributed by atoms with van der Waals surface area (Å²) in [5.74, 6) is -1.44. The lowest BCUT2D eigenvalue weighted by atomic mass is 9.90. The molecule has 1 saturated heterocycles. The molecule has 1 aromatic heterocycles. The lowest BCUT2D eigenvalue weighted by Crippen LogP contribution is -2.49. The lowest BCUT2D eigenvalue weighted by Gasteiger charge is -2.26. The van der Waals surface area contributed by atoms with Crippen LogP contribution in [0.1, 0.15) is 50.5 Å². The second-order valence-electron chi connectivity index (χ2n) is 8.91. The number of aromatic nitrogens is 1. The van der Waals surface area contributed by atoms with Crippen molar-refractivity contribution in [2.24, 2.45) is 11.8 Å². The number of H-pyrrole nitrogens is 1. The van der Waals surface area contributed by atoms with Gasteiger partial charge in [-0.15, -0.1) is 0 Å². The Hall–Kier alpha value is -2.91. The van der Waals surface area contributed by atoms with Crippen molar-refractivity contribution < 1.29 is 24.3 Å². The van der Waals surface area contributed by atoms with Crippen LogP contribution in [0.3, 0.4) is 0 Å². The van der Waals surface area contributed by atoms with Gasteiger partial charge in [0.15, 0.2) is 5.78 Å². The average molecular weight is 493 g/mol. The molecule has 0 unspecified atom stereocenters. The van der Waals surface area contributed by atoms with Gasteiger partial charge in [0.2, 0.25) is 11.8 Å². The molecule has 0 radical (unpaired) electrons. The third-order valence-electron chi connectivity index (χ3n) is 5.06. The van der Waals surface area contributed by atoms with Crippen molar-refractivity contribution in [3.8, 4) is 0 Å². The minimum atomic E-state index is -1.000. The molecule has 2 aromatic rings. The molecule has 186 valence electrons. The third kappa shape index (κ3) is 8.14. The number of hydrogen-bond donors (Lipinski definition) is 5. The maximum atomic E-state index is 12.3. The van der Waals surface area contributed by atoms with Crippen LogP contribution in [0.4, 0.5) is 0 Å². The van der Waals surface area contributed by atoms with Gasteiger partial charge in [-0.3, -0.25) is 19.2 Å². The van der Waals surface area contributed by atoms with Crippen LogP contribution in [-0.2, 0) is 14.4 Å². The molecule has 34 heavy (non-hydrogen) atoms. The molecule has 0 spiro atoms. The standard InChI is InChI=1S/C20H23ClN4O5.C4H10/c21-13-5-1-3-11-7-15(25-18(11)13)20(30)23-9-17(28)24-14(16(27)10-26)8-12-4-2-6-22-19(12)29;1-4(2)3/h1,3,5,7,12,14,25-26H,2,4,6,8-10H2,(H,22,29)(H,23,30)(H,24,28);4H,1-3H3/t12-,14-;/m0./s1. The highest BCUT2D eigenvalue weighted by molar-refractivity contribution is 6.35. The summed E-state index contributed by atoms with van der Waals surface area (Å²) in [5, 5.41) is 18.1. The summed E-state index contributed by atoms with van der Waals surface area (Å²) in [4.78, 5) is 51.5. The van der Waals surface area contributed by atoms with E-state index in [1.165, 1.54) is 0 Å². The van der Waals surface area contributed by atoms with Gasteiger partial charge in [0.05, 0.1) is 23.1 Å². The van der Waals surface area contributed by atoms with Crippen LogP contribution in [-0.4, -0.2) is 59.3 Å². The van der Waals surface area contributed by atoms with E-state index in [2.05, 4.69) is 41.7 Å². The van der Waals surface area contributed by atoms with E-state index in [9.17, 15) is 24.3 Å². The normalized spacial score (nSPS) is 16.3. The van der Waals surface area contributed by atoms with Crippen LogP contribution in [0.2, 0.25) is 5.02 Å². The zero-order chi connectivity index (χ0) is 25.3. The number of piperidine rings is 1. The Bertz CT molecular complexity index is 1020. The number of halogens is 1. The number of fused-ring (bicyclic) bond motifs is 1. The monoisotopic (exact) mass is 492 g/mol. The molecule has 1 aromatic carbocycles. The van der Waals surface area contributed by atoms with Gasteiger partial charge in [-0.25, -0.2) is 0 Å². The fourth-order valence-electron chi connectivity index (χ4n) is 3.47. The summed E-state index contributed by atoms with van der Waals surface area (Å²) in [6.45, 7) is 5.97. The minimum Gasteiger partial charge on any atom is -0.389 e. The van der Waals surface area contributed by atoms with Crippen molar-refractivity contribution in [1.29, 1.82) is 0 Å². The Balaban J connectivity index is 0.000000945. The van der Waals surface area contributed by atoms with Crippen LogP contribution in [0.25, 0.3) is 10.9 Å². The zero-order valence-corrected chi connectivity index (χ0v) is 20.5. The molecule has 1 aliphatic rings. The van der Waals surface area contributed by atoms with Gasteiger partial charge in [-0.2, -0.15) is 0 Å². The first kappa shape index (κ1) is 27.3. The van der Waals surface area contributed by atoms with E-state index in [0.717, 1.165) is 17.7 Å². The predicted molar refractivity (Wildman–Crippen MR) is 131 cm³/mol. The van der Waals surface area contributed by atoms with Crippen LogP contribution in [0.15, 0.2) is 24.3 Å². The van der Waals surface area contributed by atoms with Gasteiger partial charge in [0.1, 0.15) is 12.3 Å². The molecule has 2 heterocycles.